The Hall–Kier alpha value is -7.98. The van der Waals surface area contributed by atoms with Gasteiger partial charge in [0.05, 0.1) is 0 Å². The number of hydrogen-bond acceptors (Lipinski definition) is 4. The third kappa shape index (κ3) is 9.36. The first-order valence-corrected chi connectivity index (χ1v) is 25.5. The molecule has 0 aliphatic carbocycles. The Bertz CT molecular complexity index is 3810. The number of ether oxygens (including phenoxy) is 1. The molecule has 2 aromatic heterocycles. The van der Waals surface area contributed by atoms with Gasteiger partial charge in [0.2, 0.25) is 0 Å². The maximum absolute atomic E-state index is 6.79. The number of hydrogen-bond donors (Lipinski definition) is 0. The fourth-order valence-corrected chi connectivity index (χ4v) is 10.4. The maximum Gasteiger partial charge on any atom is 0.135 e. The van der Waals surface area contributed by atoms with E-state index in [1.54, 1.807) is 0 Å². The largest absolute Gasteiger partial charge is 0.509 e. The maximum atomic E-state index is 6.79. The fraction of sp³-hybridized carbons (Fsp3) is 0.130. The van der Waals surface area contributed by atoms with Crippen LogP contribution in [0.3, 0.4) is 0 Å². The first kappa shape index (κ1) is 49.2. The summed E-state index contributed by atoms with van der Waals surface area (Å²) in [4.78, 5) is 9.71. The third-order valence-corrected chi connectivity index (χ3v) is 14.4. The van der Waals surface area contributed by atoms with Gasteiger partial charge in [-0.05, 0) is 91.9 Å². The summed E-state index contributed by atoms with van der Waals surface area (Å²) in [6, 6.07) is 80.8. The van der Waals surface area contributed by atoms with Crippen LogP contribution in [-0.2, 0) is 31.9 Å². The molecule has 9 aromatic carbocycles. The van der Waals surface area contributed by atoms with Crippen LogP contribution in [0.4, 0.5) is 22.7 Å². The molecule has 11 aromatic rings. The molecule has 5 nitrogen and oxygen atoms in total. The molecule has 0 fully saturated rings. The average molecular weight is 1150 g/mol. The Morgan fingerprint density at radius 2 is 1.01 bits per heavy atom. The average Bonchev–Trinajstić information content (AvgIpc) is 3.96. The number of aromatic nitrogens is 2. The van der Waals surface area contributed by atoms with Crippen molar-refractivity contribution in [1.82, 2.24) is 9.55 Å². The second-order valence-corrected chi connectivity index (χ2v) is 21.4. The predicted octanol–water partition coefficient (Wildman–Crippen LogP) is 18.5. The van der Waals surface area contributed by atoms with Crippen LogP contribution in [0.1, 0.15) is 58.2 Å². The molecule has 0 saturated heterocycles. The molecule has 0 unspecified atom stereocenters. The Morgan fingerprint density at radius 3 is 1.63 bits per heavy atom. The topological polar surface area (TPSA) is 33.5 Å². The van der Waals surface area contributed by atoms with Crippen molar-refractivity contribution in [3.63, 3.8) is 0 Å². The van der Waals surface area contributed by atoms with Gasteiger partial charge in [0, 0.05) is 78.0 Å². The van der Waals surface area contributed by atoms with Crippen LogP contribution in [0.2, 0.25) is 0 Å². The van der Waals surface area contributed by atoms with Crippen LogP contribution in [0, 0.1) is 25.7 Å². The van der Waals surface area contributed by atoms with Crippen LogP contribution >= 0.6 is 0 Å². The number of benzene rings is 9. The standard InChI is InChI=1S/C69H57N4O.Pt/c1-46-40-66(70-44-61(46)50-30-35-53(36-31-50)69(5,6)7)73-62-39-32-51(47-28-33-52(34-29-47)68(2,3)4)41-60(62)59-38-37-56(43-65(59)73)74-55-23-16-22-54(42-55)71-45-72(64-27-15-14-26-63(64)71)67-57(48-18-10-8-11-19-48)24-17-25-58(67)49-20-12-9-13-21-49;/h8-41,44-45H,1-7H3;/q-3;. The summed E-state index contributed by atoms with van der Waals surface area (Å²) in [5.74, 6) is 1.98. The van der Waals surface area contributed by atoms with Gasteiger partial charge in [0.1, 0.15) is 5.82 Å². The molecule has 6 heteroatoms. The van der Waals surface area contributed by atoms with E-state index in [0.29, 0.717) is 11.5 Å². The van der Waals surface area contributed by atoms with Crippen molar-refractivity contribution in [2.24, 2.45) is 0 Å². The van der Waals surface area contributed by atoms with Gasteiger partial charge >= 0.3 is 0 Å². The van der Waals surface area contributed by atoms with Crippen molar-refractivity contribution < 1.29 is 25.8 Å². The summed E-state index contributed by atoms with van der Waals surface area (Å²) in [5.41, 5.74) is 19.1. The van der Waals surface area contributed by atoms with Crippen molar-refractivity contribution in [3.05, 3.63) is 248 Å². The molecule has 75 heavy (non-hydrogen) atoms. The van der Waals surface area contributed by atoms with Gasteiger partial charge in [-0.25, -0.2) is 4.98 Å². The van der Waals surface area contributed by atoms with Crippen molar-refractivity contribution in [2.75, 3.05) is 9.80 Å². The SMILES string of the molecule is Cc1cc(-n2c3[c-]c(Oc4[c-]c(N5[CH-]N(c6c(-c7ccccc7)cccc6-c6ccccc6)c6ccccc65)ccc4)ccc3c3cc(-c4ccc(C(C)(C)C)cc4)ccc32)ncc1-c1ccc(C(C)(C)C)cc1.[Pt]. The summed E-state index contributed by atoms with van der Waals surface area (Å²) in [7, 11) is 0. The zero-order valence-electron chi connectivity index (χ0n) is 43.3. The molecule has 0 amide bonds. The van der Waals surface area contributed by atoms with Crippen molar-refractivity contribution in [2.45, 2.75) is 59.3 Å². The second-order valence-electron chi connectivity index (χ2n) is 21.4. The van der Waals surface area contributed by atoms with Gasteiger partial charge < -0.3 is 19.1 Å². The van der Waals surface area contributed by atoms with E-state index in [-0.39, 0.29) is 31.9 Å². The third-order valence-electron chi connectivity index (χ3n) is 14.4. The van der Waals surface area contributed by atoms with Crippen molar-refractivity contribution in [3.8, 4) is 61.8 Å². The Balaban J connectivity index is 0.00000602. The van der Waals surface area contributed by atoms with E-state index in [1.165, 1.54) is 16.7 Å². The van der Waals surface area contributed by atoms with Gasteiger partial charge in [-0.1, -0.05) is 199 Å². The van der Waals surface area contributed by atoms with Gasteiger partial charge in [0.25, 0.3) is 0 Å². The number of pyridine rings is 1. The molecular formula is C69H57N4OPt-3. The fourth-order valence-electron chi connectivity index (χ4n) is 10.4. The molecule has 0 bridgehead atoms. The van der Waals surface area contributed by atoms with E-state index in [4.69, 9.17) is 9.72 Å². The summed E-state index contributed by atoms with van der Waals surface area (Å²) in [5, 5.41) is 2.18. The molecule has 1 aliphatic heterocycles. The van der Waals surface area contributed by atoms with E-state index in [2.05, 4.69) is 270 Å². The molecular weight excluding hydrogens is 1100 g/mol. The molecule has 372 valence electrons. The molecule has 0 atom stereocenters. The van der Waals surface area contributed by atoms with E-state index < -0.39 is 0 Å². The van der Waals surface area contributed by atoms with Crippen molar-refractivity contribution >= 4 is 44.6 Å². The monoisotopic (exact) mass is 1150 g/mol. The first-order chi connectivity index (χ1) is 35.9. The van der Waals surface area contributed by atoms with Gasteiger partial charge in [-0.2, -0.15) is 12.1 Å². The number of fused-ring (bicyclic) bond motifs is 4. The molecule has 0 saturated carbocycles. The number of anilines is 4. The van der Waals surface area contributed by atoms with Crippen LogP contribution in [0.15, 0.2) is 212 Å². The van der Waals surface area contributed by atoms with Crippen LogP contribution < -0.4 is 14.5 Å². The molecule has 0 spiro atoms. The van der Waals surface area contributed by atoms with E-state index in [9.17, 15) is 0 Å². The molecule has 12 rings (SSSR count). The van der Waals surface area contributed by atoms with Crippen LogP contribution in [0.25, 0.3) is 72.1 Å². The Morgan fingerprint density at radius 1 is 0.467 bits per heavy atom. The molecule has 0 N–H and O–H groups in total. The minimum absolute atomic E-state index is 0. The quantitative estimate of drug-likeness (QED) is 0.135. The van der Waals surface area contributed by atoms with Gasteiger partial charge in [0.15, 0.2) is 0 Å². The number of aryl methyl sites for hydroxylation is 1. The first-order valence-electron chi connectivity index (χ1n) is 25.5. The minimum Gasteiger partial charge on any atom is -0.509 e. The molecule has 0 radical (unpaired) electrons. The van der Waals surface area contributed by atoms with E-state index >= 15 is 0 Å². The number of para-hydroxylation sites is 3. The summed E-state index contributed by atoms with van der Waals surface area (Å²) in [6.45, 7) is 17.9. The smallest absolute Gasteiger partial charge is 0.135 e. The summed E-state index contributed by atoms with van der Waals surface area (Å²) in [6.07, 6.45) is 2.01. The molecule has 3 heterocycles. The number of nitrogens with zero attached hydrogens (tertiary/aromatic N) is 4. The number of rotatable bonds is 9. The minimum atomic E-state index is 0. The van der Waals surface area contributed by atoms with Gasteiger partial charge in [-0.15, -0.1) is 48.1 Å². The normalized spacial score (nSPS) is 12.5. The summed E-state index contributed by atoms with van der Waals surface area (Å²) >= 11 is 0. The van der Waals surface area contributed by atoms with Crippen molar-refractivity contribution in [1.29, 1.82) is 0 Å². The zero-order chi connectivity index (χ0) is 50.7. The van der Waals surface area contributed by atoms with Crippen LogP contribution in [0.5, 0.6) is 11.5 Å². The van der Waals surface area contributed by atoms with Crippen LogP contribution in [-0.4, -0.2) is 9.55 Å². The van der Waals surface area contributed by atoms with Gasteiger partial charge in [-0.3, -0.25) is 0 Å². The predicted molar refractivity (Wildman–Crippen MR) is 308 cm³/mol. The Labute approximate surface area is 456 Å². The molecule has 1 aliphatic rings. The van der Waals surface area contributed by atoms with E-state index in [1.807, 2.05) is 24.4 Å². The zero-order valence-corrected chi connectivity index (χ0v) is 45.6. The Kier molecular flexibility index (Phi) is 12.9. The van der Waals surface area contributed by atoms with E-state index in [0.717, 1.165) is 94.9 Å². The second kappa shape index (κ2) is 19.7. The summed E-state index contributed by atoms with van der Waals surface area (Å²) < 4.78 is 9.02.